The second-order valence-corrected chi connectivity index (χ2v) is 11.6. The summed E-state index contributed by atoms with van der Waals surface area (Å²) in [6.07, 6.45) is 20.0. The number of aryl methyl sites for hydroxylation is 1. The van der Waals surface area contributed by atoms with Crippen LogP contribution in [0.4, 0.5) is 0 Å². The number of unbranched alkanes of at least 4 members (excludes halogenated alkanes) is 1. The van der Waals surface area contributed by atoms with Crippen LogP contribution in [0.5, 0.6) is 5.75 Å². The summed E-state index contributed by atoms with van der Waals surface area (Å²) in [5, 5.41) is 9.84. The van der Waals surface area contributed by atoms with Gasteiger partial charge in [-0.3, -0.25) is 4.98 Å². The lowest BCUT2D eigenvalue weighted by Gasteiger charge is -2.25. The summed E-state index contributed by atoms with van der Waals surface area (Å²) in [5.41, 5.74) is 8.07. The molecule has 2 aliphatic carbocycles. The van der Waals surface area contributed by atoms with Crippen molar-refractivity contribution in [1.82, 2.24) is 4.98 Å². The van der Waals surface area contributed by atoms with Gasteiger partial charge in [0.2, 0.25) is 0 Å². The quantitative estimate of drug-likeness (QED) is 0.225. The summed E-state index contributed by atoms with van der Waals surface area (Å²) in [5.74, 6) is 1.68. The lowest BCUT2D eigenvalue weighted by Crippen LogP contribution is -2.19. The third kappa shape index (κ3) is 8.93. The monoisotopic (exact) mass is 538 g/mol. The Morgan fingerprint density at radius 1 is 1.07 bits per heavy atom. The average Bonchev–Trinajstić information content (AvgIpc) is 2.94. The molecule has 1 saturated carbocycles. The summed E-state index contributed by atoms with van der Waals surface area (Å²) in [6, 6.07) is 12.9. The van der Waals surface area contributed by atoms with Crippen molar-refractivity contribution in [2.75, 3.05) is 19.8 Å². The predicted molar refractivity (Wildman–Crippen MR) is 164 cm³/mol. The molecule has 0 bridgehead atoms. The molecule has 0 radical (unpaired) electrons. The Hall–Kier alpha value is -3.16. The molecule has 4 nitrogen and oxygen atoms in total. The molecule has 1 atom stereocenters. The summed E-state index contributed by atoms with van der Waals surface area (Å²) in [7, 11) is 0. The number of pyridine rings is 1. The topological polar surface area (TPSA) is 55.1 Å². The highest BCUT2D eigenvalue weighted by molar-refractivity contribution is 5.77. The average molecular weight is 539 g/mol. The summed E-state index contributed by atoms with van der Waals surface area (Å²) in [6.45, 7) is 9.05. The molecule has 0 spiro atoms. The molecule has 40 heavy (non-hydrogen) atoms. The fraction of sp³-hybridized carbons (Fsp3) is 0.500. The number of rotatable bonds is 14. The molecule has 2 aliphatic rings. The molecule has 1 unspecified atom stereocenters. The second kappa shape index (κ2) is 15.6. The molecule has 2 aromatic rings. The summed E-state index contributed by atoms with van der Waals surface area (Å²) < 4.78 is 11.6. The van der Waals surface area contributed by atoms with Crippen molar-refractivity contribution in [3.05, 3.63) is 88.3 Å². The smallest absolute Gasteiger partial charge is 0.137 e. The first kappa shape index (κ1) is 29.8. The highest BCUT2D eigenvalue weighted by Crippen LogP contribution is 2.33. The van der Waals surface area contributed by atoms with Gasteiger partial charge in [-0.15, -0.1) is 0 Å². The lowest BCUT2D eigenvalue weighted by molar-refractivity contribution is 0.131. The van der Waals surface area contributed by atoms with Gasteiger partial charge in [0.25, 0.3) is 0 Å². The van der Waals surface area contributed by atoms with E-state index in [2.05, 4.69) is 69.5 Å². The van der Waals surface area contributed by atoms with Gasteiger partial charge < -0.3 is 9.47 Å². The maximum absolute atomic E-state index is 9.84. The zero-order valence-corrected chi connectivity index (χ0v) is 24.8. The van der Waals surface area contributed by atoms with E-state index in [0.29, 0.717) is 29.8 Å². The van der Waals surface area contributed by atoms with Crippen molar-refractivity contribution >= 4 is 5.57 Å². The molecule has 0 N–H and O–H groups in total. The van der Waals surface area contributed by atoms with E-state index in [-0.39, 0.29) is 0 Å². The first-order valence-electron chi connectivity index (χ1n) is 15.3. The Morgan fingerprint density at radius 3 is 2.67 bits per heavy atom. The number of allylic oxidation sites excluding steroid dienone is 6. The van der Waals surface area contributed by atoms with Gasteiger partial charge in [0.05, 0.1) is 12.2 Å². The van der Waals surface area contributed by atoms with E-state index in [0.717, 1.165) is 75.0 Å². The molecule has 1 aromatic heterocycles. The van der Waals surface area contributed by atoms with Crippen LogP contribution in [0.3, 0.4) is 0 Å². The van der Waals surface area contributed by atoms with Crippen LogP contribution >= 0.6 is 0 Å². The number of nitrogens with zero attached hydrogens (tertiary/aromatic N) is 2. The van der Waals surface area contributed by atoms with E-state index >= 15 is 0 Å². The van der Waals surface area contributed by atoms with E-state index in [1.807, 2.05) is 12.1 Å². The number of hydrogen-bond donors (Lipinski definition) is 0. The van der Waals surface area contributed by atoms with Gasteiger partial charge in [-0.1, -0.05) is 61.8 Å². The first-order valence-corrected chi connectivity index (χ1v) is 15.3. The van der Waals surface area contributed by atoms with Gasteiger partial charge in [-0.2, -0.15) is 5.26 Å². The van der Waals surface area contributed by atoms with Crippen LogP contribution in [0.15, 0.2) is 65.9 Å². The van der Waals surface area contributed by atoms with Crippen molar-refractivity contribution in [1.29, 1.82) is 5.26 Å². The number of benzene rings is 1. The minimum atomic E-state index is 0.338. The van der Waals surface area contributed by atoms with Crippen LogP contribution in [-0.4, -0.2) is 24.8 Å². The Bertz CT molecular complexity index is 1230. The molecule has 4 heteroatoms. The van der Waals surface area contributed by atoms with Gasteiger partial charge in [-0.25, -0.2) is 0 Å². The SMILES string of the molecule is CCCOCCCCc1ccc(C(C)C/C2=C/C(c3ccc(OCC4CCC4)c(C#N)c3)=C\C=C(/C)CC2)nc1. The van der Waals surface area contributed by atoms with Crippen LogP contribution in [0.2, 0.25) is 0 Å². The molecule has 1 aromatic carbocycles. The van der Waals surface area contributed by atoms with Gasteiger partial charge in [0.1, 0.15) is 11.8 Å². The van der Waals surface area contributed by atoms with Crippen molar-refractivity contribution in [2.24, 2.45) is 5.92 Å². The van der Waals surface area contributed by atoms with E-state index in [1.54, 1.807) is 0 Å². The minimum absolute atomic E-state index is 0.338. The molecular weight excluding hydrogens is 492 g/mol. The largest absolute Gasteiger partial charge is 0.492 e. The Balaban J connectivity index is 1.41. The highest BCUT2D eigenvalue weighted by Gasteiger charge is 2.19. The molecule has 0 saturated heterocycles. The standard InChI is InChI=1S/C36H46N2O2/c1-4-19-39-20-6-5-8-29-14-17-35(38-25-29)28(3)21-31-13-11-27(2)12-15-32(22-31)33-16-18-36(34(23-33)24-37)40-26-30-9-7-10-30/h12,14-18,22-23,25,28,30H,4-11,13,19-21,26H2,1-3H3/b27-12+,31-22+,32-15+. The third-order valence-corrected chi connectivity index (χ3v) is 8.15. The molecule has 1 fully saturated rings. The zero-order valence-electron chi connectivity index (χ0n) is 24.8. The Labute approximate surface area is 241 Å². The molecule has 0 aliphatic heterocycles. The number of ether oxygens (including phenoxy) is 2. The predicted octanol–water partition coefficient (Wildman–Crippen LogP) is 9.13. The van der Waals surface area contributed by atoms with Crippen molar-refractivity contribution in [3.63, 3.8) is 0 Å². The van der Waals surface area contributed by atoms with Crippen LogP contribution < -0.4 is 4.74 Å². The van der Waals surface area contributed by atoms with Crippen LogP contribution in [0.25, 0.3) is 5.57 Å². The highest BCUT2D eigenvalue weighted by atomic mass is 16.5. The first-order chi connectivity index (χ1) is 19.6. The molecule has 0 amide bonds. The summed E-state index contributed by atoms with van der Waals surface area (Å²) in [4.78, 5) is 4.84. The maximum Gasteiger partial charge on any atom is 0.137 e. The maximum atomic E-state index is 9.84. The van der Waals surface area contributed by atoms with Gasteiger partial charge in [0, 0.05) is 31.0 Å². The van der Waals surface area contributed by atoms with Crippen molar-refractivity contribution in [3.8, 4) is 11.8 Å². The second-order valence-electron chi connectivity index (χ2n) is 11.6. The molecule has 4 rings (SSSR count). The van der Waals surface area contributed by atoms with E-state index in [1.165, 1.54) is 36.0 Å². The molecule has 212 valence electrons. The fourth-order valence-corrected chi connectivity index (χ4v) is 5.30. The lowest BCUT2D eigenvalue weighted by atomic mass is 9.86. The third-order valence-electron chi connectivity index (χ3n) is 8.15. The Kier molecular flexibility index (Phi) is 11.6. The molecular formula is C36H46N2O2. The number of nitriles is 1. The van der Waals surface area contributed by atoms with E-state index in [4.69, 9.17) is 14.5 Å². The van der Waals surface area contributed by atoms with Gasteiger partial charge in [0.15, 0.2) is 0 Å². The van der Waals surface area contributed by atoms with E-state index in [9.17, 15) is 5.26 Å². The van der Waals surface area contributed by atoms with Crippen LogP contribution in [0, 0.1) is 17.2 Å². The zero-order chi connectivity index (χ0) is 28.2. The number of aromatic nitrogens is 1. The number of hydrogen-bond acceptors (Lipinski definition) is 4. The van der Waals surface area contributed by atoms with Gasteiger partial charge >= 0.3 is 0 Å². The molecule has 1 heterocycles. The van der Waals surface area contributed by atoms with Crippen molar-refractivity contribution < 1.29 is 9.47 Å². The van der Waals surface area contributed by atoms with Gasteiger partial charge in [-0.05, 0) is 106 Å². The van der Waals surface area contributed by atoms with Crippen molar-refractivity contribution in [2.45, 2.75) is 90.9 Å². The normalized spacial score (nSPS) is 20.4. The minimum Gasteiger partial charge on any atom is -0.492 e. The van der Waals surface area contributed by atoms with Crippen LogP contribution in [0.1, 0.15) is 107 Å². The van der Waals surface area contributed by atoms with E-state index < -0.39 is 0 Å². The fourth-order valence-electron chi connectivity index (χ4n) is 5.30. The van der Waals surface area contributed by atoms with Crippen LogP contribution in [-0.2, 0) is 11.2 Å². The summed E-state index contributed by atoms with van der Waals surface area (Å²) >= 11 is 0. The Morgan fingerprint density at radius 2 is 1.95 bits per heavy atom.